The Balaban J connectivity index is 2.12. The highest BCUT2D eigenvalue weighted by atomic mass is 35.5. The first-order valence-corrected chi connectivity index (χ1v) is 6.58. The van der Waals surface area contributed by atoms with Gasteiger partial charge in [-0.15, -0.1) is 0 Å². The molecule has 0 fully saturated rings. The number of carbonyl (C=O) groups excluding carboxylic acids is 1. The van der Waals surface area contributed by atoms with E-state index in [1.165, 1.54) is 6.20 Å². The zero-order chi connectivity index (χ0) is 15.4. The molecule has 108 valence electrons. The minimum absolute atomic E-state index is 0.151. The molecule has 0 aliphatic rings. The van der Waals surface area contributed by atoms with E-state index >= 15 is 0 Å². The lowest BCUT2D eigenvalue weighted by Gasteiger charge is -2.08. The van der Waals surface area contributed by atoms with E-state index in [-0.39, 0.29) is 12.3 Å². The number of carboxylic acid groups (broad SMARTS) is 1. The number of nitrogens with zero attached hydrogens (tertiary/aromatic N) is 1. The van der Waals surface area contributed by atoms with E-state index in [9.17, 15) is 9.59 Å². The summed E-state index contributed by atoms with van der Waals surface area (Å²) in [4.78, 5) is 26.7. The average Bonchev–Trinajstić information content (AvgIpc) is 2.43. The second-order valence-electron chi connectivity index (χ2n) is 4.48. The van der Waals surface area contributed by atoms with Crippen molar-refractivity contribution in [2.45, 2.75) is 13.3 Å². The molecule has 1 amide bonds. The van der Waals surface area contributed by atoms with Gasteiger partial charge >= 0.3 is 5.97 Å². The maximum Gasteiger partial charge on any atom is 0.309 e. The van der Waals surface area contributed by atoms with Crippen molar-refractivity contribution >= 4 is 29.2 Å². The van der Waals surface area contributed by atoms with Crippen molar-refractivity contribution in [3.8, 4) is 0 Å². The molecule has 0 aliphatic heterocycles. The number of nitrogens with one attached hydrogen (secondary N) is 1. The average molecular weight is 305 g/mol. The van der Waals surface area contributed by atoms with Crippen LogP contribution >= 0.6 is 11.6 Å². The van der Waals surface area contributed by atoms with E-state index in [1.807, 2.05) is 0 Å². The molecule has 5 nitrogen and oxygen atoms in total. The molecule has 2 rings (SSSR count). The summed E-state index contributed by atoms with van der Waals surface area (Å²) >= 11 is 5.98. The van der Waals surface area contributed by atoms with Crippen molar-refractivity contribution in [2.24, 2.45) is 0 Å². The van der Waals surface area contributed by atoms with Crippen LogP contribution in [0.1, 0.15) is 21.6 Å². The van der Waals surface area contributed by atoms with Crippen LogP contribution in [0.4, 0.5) is 5.69 Å². The summed E-state index contributed by atoms with van der Waals surface area (Å²) in [5.41, 5.74) is 2.11. The molecule has 1 aromatic carbocycles. The van der Waals surface area contributed by atoms with Crippen LogP contribution in [-0.4, -0.2) is 22.0 Å². The zero-order valence-corrected chi connectivity index (χ0v) is 12.0. The molecule has 0 unspecified atom stereocenters. The lowest BCUT2D eigenvalue weighted by atomic mass is 10.1. The number of halogens is 1. The van der Waals surface area contributed by atoms with Gasteiger partial charge in [0.15, 0.2) is 0 Å². The van der Waals surface area contributed by atoms with E-state index in [1.54, 1.807) is 37.3 Å². The minimum Gasteiger partial charge on any atom is -0.481 e. The molecular formula is C15H13ClN2O3. The number of amides is 1. The van der Waals surface area contributed by atoms with Crippen molar-refractivity contribution < 1.29 is 14.7 Å². The molecule has 6 heteroatoms. The standard InChI is InChI=1S/C15H13ClN2O3/c1-9-12(3-2-4-13(9)16)15(21)18-11-6-5-10(17-8-11)7-14(19)20/h2-6,8H,7H2,1H3,(H,18,21)(H,19,20). The highest BCUT2D eigenvalue weighted by Crippen LogP contribution is 2.19. The number of carbonyl (C=O) groups is 2. The number of benzene rings is 1. The van der Waals surface area contributed by atoms with E-state index in [0.29, 0.717) is 27.5 Å². The van der Waals surface area contributed by atoms with Crippen molar-refractivity contribution in [1.82, 2.24) is 4.98 Å². The molecule has 0 radical (unpaired) electrons. The monoisotopic (exact) mass is 304 g/mol. The highest BCUT2D eigenvalue weighted by Gasteiger charge is 2.11. The van der Waals surface area contributed by atoms with Gasteiger partial charge in [-0.3, -0.25) is 14.6 Å². The van der Waals surface area contributed by atoms with Crippen LogP contribution in [-0.2, 0) is 11.2 Å². The SMILES string of the molecule is Cc1c(Cl)cccc1C(=O)Nc1ccc(CC(=O)O)nc1. The second kappa shape index (κ2) is 6.37. The lowest BCUT2D eigenvalue weighted by Crippen LogP contribution is -2.14. The van der Waals surface area contributed by atoms with Crippen molar-refractivity contribution in [1.29, 1.82) is 0 Å². The molecule has 1 heterocycles. The van der Waals surface area contributed by atoms with Crippen LogP contribution in [0.25, 0.3) is 0 Å². The Morgan fingerprint density at radius 3 is 2.67 bits per heavy atom. The van der Waals surface area contributed by atoms with Gasteiger partial charge in [0.25, 0.3) is 5.91 Å². The predicted octanol–water partition coefficient (Wildman–Crippen LogP) is 2.92. The third kappa shape index (κ3) is 3.79. The Hall–Kier alpha value is -2.40. The molecule has 21 heavy (non-hydrogen) atoms. The largest absolute Gasteiger partial charge is 0.481 e. The lowest BCUT2D eigenvalue weighted by molar-refractivity contribution is -0.136. The number of hydrogen-bond acceptors (Lipinski definition) is 3. The Morgan fingerprint density at radius 1 is 1.29 bits per heavy atom. The van der Waals surface area contributed by atoms with Gasteiger partial charge in [0, 0.05) is 10.6 Å². The van der Waals surface area contributed by atoms with Gasteiger partial charge < -0.3 is 10.4 Å². The molecule has 0 saturated heterocycles. The third-order valence-corrected chi connectivity index (χ3v) is 3.34. The van der Waals surface area contributed by atoms with Gasteiger partial charge in [-0.1, -0.05) is 17.7 Å². The number of hydrogen-bond donors (Lipinski definition) is 2. The first kappa shape index (κ1) is 15.0. The molecule has 0 bridgehead atoms. The maximum atomic E-state index is 12.2. The Kier molecular flexibility index (Phi) is 4.55. The van der Waals surface area contributed by atoms with E-state index in [4.69, 9.17) is 16.7 Å². The van der Waals surface area contributed by atoms with Gasteiger partial charge in [0.2, 0.25) is 0 Å². The minimum atomic E-state index is -0.950. The summed E-state index contributed by atoms with van der Waals surface area (Å²) in [5.74, 6) is -1.24. The van der Waals surface area contributed by atoms with Gasteiger partial charge in [0.1, 0.15) is 0 Å². The predicted molar refractivity (Wildman–Crippen MR) is 79.7 cm³/mol. The summed E-state index contributed by atoms with van der Waals surface area (Å²) < 4.78 is 0. The molecule has 2 aromatic rings. The second-order valence-corrected chi connectivity index (χ2v) is 4.88. The normalized spacial score (nSPS) is 10.2. The highest BCUT2D eigenvalue weighted by molar-refractivity contribution is 6.32. The molecule has 0 aliphatic carbocycles. The van der Waals surface area contributed by atoms with Crippen molar-refractivity contribution in [3.63, 3.8) is 0 Å². The number of pyridine rings is 1. The van der Waals surface area contributed by atoms with Crippen LogP contribution in [0.2, 0.25) is 5.02 Å². The zero-order valence-electron chi connectivity index (χ0n) is 11.3. The van der Waals surface area contributed by atoms with E-state index in [0.717, 1.165) is 0 Å². The van der Waals surface area contributed by atoms with Crippen molar-refractivity contribution in [2.75, 3.05) is 5.32 Å². The number of rotatable bonds is 4. The molecule has 1 aromatic heterocycles. The van der Waals surface area contributed by atoms with Crippen LogP contribution in [0.5, 0.6) is 0 Å². The van der Waals surface area contributed by atoms with Crippen LogP contribution in [0, 0.1) is 6.92 Å². The van der Waals surface area contributed by atoms with Crippen molar-refractivity contribution in [3.05, 3.63) is 58.4 Å². The maximum absolute atomic E-state index is 12.2. The fourth-order valence-corrected chi connectivity index (χ4v) is 1.98. The van der Waals surface area contributed by atoms with E-state index in [2.05, 4.69) is 10.3 Å². The smallest absolute Gasteiger partial charge is 0.309 e. The van der Waals surface area contributed by atoms with Gasteiger partial charge in [-0.25, -0.2) is 0 Å². The molecule has 0 spiro atoms. The number of anilines is 1. The van der Waals surface area contributed by atoms with Crippen LogP contribution in [0.15, 0.2) is 36.5 Å². The molecule has 0 saturated carbocycles. The van der Waals surface area contributed by atoms with Gasteiger partial charge in [-0.2, -0.15) is 0 Å². The van der Waals surface area contributed by atoms with E-state index < -0.39 is 5.97 Å². The molecule has 2 N–H and O–H groups in total. The summed E-state index contributed by atoms with van der Waals surface area (Å²) in [7, 11) is 0. The Morgan fingerprint density at radius 2 is 2.05 bits per heavy atom. The number of carboxylic acids is 1. The van der Waals surface area contributed by atoms with Crippen LogP contribution in [0.3, 0.4) is 0 Å². The summed E-state index contributed by atoms with van der Waals surface area (Å²) in [6.07, 6.45) is 1.28. The third-order valence-electron chi connectivity index (χ3n) is 2.93. The number of aromatic nitrogens is 1. The Labute approximate surface area is 126 Å². The molecular weight excluding hydrogens is 292 g/mol. The quantitative estimate of drug-likeness (QED) is 0.910. The summed E-state index contributed by atoms with van der Waals surface area (Å²) in [6, 6.07) is 8.29. The molecule has 0 atom stereocenters. The summed E-state index contributed by atoms with van der Waals surface area (Å²) in [6.45, 7) is 1.77. The van der Waals surface area contributed by atoms with Crippen LogP contribution < -0.4 is 5.32 Å². The first-order valence-electron chi connectivity index (χ1n) is 6.20. The fourth-order valence-electron chi connectivity index (χ4n) is 1.81. The topological polar surface area (TPSA) is 79.3 Å². The fraction of sp³-hybridized carbons (Fsp3) is 0.133. The summed E-state index contributed by atoms with van der Waals surface area (Å²) in [5, 5.41) is 11.9. The van der Waals surface area contributed by atoms with Gasteiger partial charge in [0.05, 0.1) is 24.0 Å². The van der Waals surface area contributed by atoms with Gasteiger partial charge in [-0.05, 0) is 36.8 Å². The number of aliphatic carboxylic acids is 1. The first-order chi connectivity index (χ1) is 9.97. The Bertz CT molecular complexity index is 684.